The van der Waals surface area contributed by atoms with E-state index in [9.17, 15) is 10.1 Å². The summed E-state index contributed by atoms with van der Waals surface area (Å²) < 4.78 is 0. The van der Waals surface area contributed by atoms with Gasteiger partial charge in [0.25, 0.3) is 5.69 Å². The molecule has 0 fully saturated rings. The minimum atomic E-state index is -0.405. The average Bonchev–Trinajstić information content (AvgIpc) is 2.38. The Morgan fingerprint density at radius 2 is 2.10 bits per heavy atom. The Labute approximate surface area is 121 Å². The minimum Gasteiger partial charge on any atom is -0.307 e. The van der Waals surface area contributed by atoms with E-state index in [1.807, 2.05) is 25.1 Å². The molecule has 0 bridgehead atoms. The number of nitrogens with zero attached hydrogens (tertiary/aromatic N) is 2. The van der Waals surface area contributed by atoms with Gasteiger partial charge in [-0.1, -0.05) is 17.7 Å². The Kier molecular flexibility index (Phi) is 4.65. The van der Waals surface area contributed by atoms with Gasteiger partial charge in [-0.2, -0.15) is 0 Å². The molecule has 0 radical (unpaired) electrons. The zero-order chi connectivity index (χ0) is 14.5. The molecule has 0 saturated heterocycles. The molecule has 0 aliphatic rings. The van der Waals surface area contributed by atoms with Crippen molar-refractivity contribution in [2.24, 2.45) is 0 Å². The van der Waals surface area contributed by atoms with Crippen LogP contribution in [-0.2, 0) is 13.1 Å². The highest BCUT2D eigenvalue weighted by Gasteiger charge is 2.13. The molecule has 20 heavy (non-hydrogen) atoms. The van der Waals surface area contributed by atoms with Crippen LogP contribution in [0.1, 0.15) is 17.0 Å². The molecule has 1 aromatic carbocycles. The number of pyridine rings is 1. The van der Waals surface area contributed by atoms with E-state index in [2.05, 4.69) is 10.3 Å². The highest BCUT2D eigenvalue weighted by Crippen LogP contribution is 2.22. The first kappa shape index (κ1) is 14.4. The number of nitrogens with one attached hydrogen (secondary N) is 1. The number of hydrogen-bond donors (Lipinski definition) is 1. The van der Waals surface area contributed by atoms with Crippen molar-refractivity contribution < 1.29 is 4.92 Å². The van der Waals surface area contributed by atoms with Crippen molar-refractivity contribution >= 4 is 17.3 Å². The van der Waals surface area contributed by atoms with Crippen molar-refractivity contribution in [2.45, 2.75) is 20.0 Å². The zero-order valence-electron chi connectivity index (χ0n) is 11.0. The fourth-order valence-corrected chi connectivity index (χ4v) is 2.09. The molecule has 104 valence electrons. The van der Waals surface area contributed by atoms with Crippen LogP contribution in [-0.4, -0.2) is 9.91 Å². The molecule has 5 nitrogen and oxygen atoms in total. The number of benzene rings is 1. The van der Waals surface area contributed by atoms with Crippen molar-refractivity contribution in [1.82, 2.24) is 10.3 Å². The summed E-state index contributed by atoms with van der Waals surface area (Å²) in [7, 11) is 0. The summed E-state index contributed by atoms with van der Waals surface area (Å²) in [6.45, 7) is 2.84. The van der Waals surface area contributed by atoms with Crippen molar-refractivity contribution in [2.75, 3.05) is 0 Å². The van der Waals surface area contributed by atoms with Crippen LogP contribution >= 0.6 is 11.6 Å². The van der Waals surface area contributed by atoms with Crippen LogP contribution in [0.15, 0.2) is 36.4 Å². The molecule has 2 aromatic rings. The summed E-state index contributed by atoms with van der Waals surface area (Å²) >= 11 is 5.88. The van der Waals surface area contributed by atoms with Gasteiger partial charge >= 0.3 is 0 Å². The molecule has 0 aliphatic carbocycles. The molecule has 0 aliphatic heterocycles. The van der Waals surface area contributed by atoms with E-state index in [-0.39, 0.29) is 5.69 Å². The monoisotopic (exact) mass is 291 g/mol. The standard InChI is InChI=1S/C14H14ClN3O2/c1-10-3-2-4-13(17-10)9-16-8-11-7-12(15)5-6-14(11)18(19)20/h2-7,16H,8-9H2,1H3. The largest absolute Gasteiger partial charge is 0.307 e. The maximum absolute atomic E-state index is 10.9. The molecule has 2 rings (SSSR count). The van der Waals surface area contributed by atoms with Gasteiger partial charge in [-0.25, -0.2) is 0 Å². The molecule has 0 saturated carbocycles. The Hall–Kier alpha value is -1.98. The van der Waals surface area contributed by atoms with Gasteiger partial charge < -0.3 is 5.32 Å². The lowest BCUT2D eigenvalue weighted by Crippen LogP contribution is -2.15. The third-order valence-corrected chi connectivity index (χ3v) is 3.04. The van der Waals surface area contributed by atoms with Crippen LogP contribution in [0.3, 0.4) is 0 Å². The van der Waals surface area contributed by atoms with Crippen molar-refractivity contribution in [3.05, 3.63) is 68.5 Å². The van der Waals surface area contributed by atoms with Gasteiger partial charge in [-0.3, -0.25) is 15.1 Å². The van der Waals surface area contributed by atoms with Gasteiger partial charge in [-0.05, 0) is 31.2 Å². The molecular weight excluding hydrogens is 278 g/mol. The summed E-state index contributed by atoms with van der Waals surface area (Å²) in [6.07, 6.45) is 0. The fourth-order valence-electron chi connectivity index (χ4n) is 1.90. The highest BCUT2D eigenvalue weighted by molar-refractivity contribution is 6.30. The summed E-state index contributed by atoms with van der Waals surface area (Å²) in [5.74, 6) is 0. The first-order valence-corrected chi connectivity index (χ1v) is 6.50. The lowest BCUT2D eigenvalue weighted by atomic mass is 10.2. The minimum absolute atomic E-state index is 0.0686. The lowest BCUT2D eigenvalue weighted by molar-refractivity contribution is -0.385. The molecule has 0 atom stereocenters. The Morgan fingerprint density at radius 1 is 1.30 bits per heavy atom. The van der Waals surface area contributed by atoms with Gasteiger partial charge in [0.1, 0.15) is 0 Å². The first-order chi connectivity index (χ1) is 9.56. The smallest absolute Gasteiger partial charge is 0.273 e. The second-order valence-corrected chi connectivity index (χ2v) is 4.84. The van der Waals surface area contributed by atoms with Gasteiger partial charge in [0.05, 0.1) is 10.6 Å². The number of rotatable bonds is 5. The highest BCUT2D eigenvalue weighted by atomic mass is 35.5. The van der Waals surface area contributed by atoms with E-state index in [4.69, 9.17) is 11.6 Å². The predicted octanol–water partition coefficient (Wildman–Crippen LogP) is 3.24. The normalized spacial score (nSPS) is 10.5. The van der Waals surface area contributed by atoms with E-state index in [1.54, 1.807) is 6.07 Å². The average molecular weight is 292 g/mol. The topological polar surface area (TPSA) is 68.1 Å². The molecular formula is C14H14ClN3O2. The molecule has 1 aromatic heterocycles. The van der Waals surface area contributed by atoms with E-state index in [1.165, 1.54) is 12.1 Å². The third-order valence-electron chi connectivity index (χ3n) is 2.81. The zero-order valence-corrected chi connectivity index (χ0v) is 11.7. The predicted molar refractivity (Wildman–Crippen MR) is 77.6 cm³/mol. The Balaban J connectivity index is 2.04. The van der Waals surface area contributed by atoms with E-state index in [0.29, 0.717) is 23.7 Å². The SMILES string of the molecule is Cc1cccc(CNCc2cc(Cl)ccc2[N+](=O)[O-])n1. The van der Waals surface area contributed by atoms with E-state index < -0.39 is 4.92 Å². The third kappa shape index (κ3) is 3.76. The van der Waals surface area contributed by atoms with Crippen LogP contribution in [0.5, 0.6) is 0 Å². The lowest BCUT2D eigenvalue weighted by Gasteiger charge is -2.06. The Bertz CT molecular complexity index is 632. The van der Waals surface area contributed by atoms with Crippen LogP contribution in [0.2, 0.25) is 5.02 Å². The Morgan fingerprint density at radius 3 is 2.80 bits per heavy atom. The summed E-state index contributed by atoms with van der Waals surface area (Å²) in [5, 5.41) is 14.6. The number of nitro benzene ring substituents is 1. The van der Waals surface area contributed by atoms with E-state index >= 15 is 0 Å². The van der Waals surface area contributed by atoms with Gasteiger partial charge in [0.2, 0.25) is 0 Å². The second kappa shape index (κ2) is 6.45. The second-order valence-electron chi connectivity index (χ2n) is 4.40. The number of aromatic nitrogens is 1. The number of aryl methyl sites for hydroxylation is 1. The van der Waals surface area contributed by atoms with Crippen LogP contribution in [0, 0.1) is 17.0 Å². The van der Waals surface area contributed by atoms with Crippen LogP contribution < -0.4 is 5.32 Å². The van der Waals surface area contributed by atoms with E-state index in [0.717, 1.165) is 11.4 Å². The van der Waals surface area contributed by atoms with Crippen LogP contribution in [0.25, 0.3) is 0 Å². The van der Waals surface area contributed by atoms with Gasteiger partial charge in [0.15, 0.2) is 0 Å². The van der Waals surface area contributed by atoms with Crippen molar-refractivity contribution in [1.29, 1.82) is 0 Å². The summed E-state index contributed by atoms with van der Waals surface area (Å²) in [6, 6.07) is 10.3. The van der Waals surface area contributed by atoms with Crippen molar-refractivity contribution in [3.8, 4) is 0 Å². The van der Waals surface area contributed by atoms with Gasteiger partial charge in [0, 0.05) is 35.4 Å². The van der Waals surface area contributed by atoms with Gasteiger partial charge in [-0.15, -0.1) is 0 Å². The molecule has 0 unspecified atom stereocenters. The number of hydrogen-bond acceptors (Lipinski definition) is 4. The molecule has 0 spiro atoms. The number of halogens is 1. The number of nitro groups is 1. The molecule has 1 heterocycles. The van der Waals surface area contributed by atoms with Crippen LogP contribution in [0.4, 0.5) is 5.69 Å². The molecule has 6 heteroatoms. The first-order valence-electron chi connectivity index (χ1n) is 6.12. The maximum Gasteiger partial charge on any atom is 0.273 e. The fraction of sp³-hybridized carbons (Fsp3) is 0.214. The molecule has 0 amide bonds. The summed E-state index contributed by atoms with van der Waals surface area (Å²) in [4.78, 5) is 14.9. The molecule has 1 N–H and O–H groups in total. The van der Waals surface area contributed by atoms with Crippen molar-refractivity contribution in [3.63, 3.8) is 0 Å². The summed E-state index contributed by atoms with van der Waals surface area (Å²) in [5.41, 5.74) is 2.47. The quantitative estimate of drug-likeness (QED) is 0.678. The maximum atomic E-state index is 10.9.